The van der Waals surface area contributed by atoms with Crippen molar-refractivity contribution >= 4 is 16.9 Å². The minimum Gasteiger partial charge on any atom is -0.451 e. The Morgan fingerprint density at radius 3 is 2.90 bits per heavy atom. The van der Waals surface area contributed by atoms with Crippen LogP contribution in [0, 0.1) is 12.8 Å². The van der Waals surface area contributed by atoms with E-state index in [4.69, 9.17) is 9.52 Å². The van der Waals surface area contributed by atoms with Crippen LogP contribution in [0.2, 0.25) is 0 Å². The van der Waals surface area contributed by atoms with Crippen molar-refractivity contribution in [3.05, 3.63) is 35.6 Å². The van der Waals surface area contributed by atoms with Crippen LogP contribution in [0.1, 0.15) is 35.9 Å². The number of furan rings is 1. The zero-order valence-corrected chi connectivity index (χ0v) is 12.0. The molecule has 0 aliphatic carbocycles. The van der Waals surface area contributed by atoms with E-state index in [9.17, 15) is 4.79 Å². The van der Waals surface area contributed by atoms with Crippen LogP contribution >= 0.6 is 0 Å². The molecule has 2 rings (SSSR count). The zero-order chi connectivity index (χ0) is 14.5. The number of benzene rings is 1. The summed E-state index contributed by atoms with van der Waals surface area (Å²) in [7, 11) is 0. The first kappa shape index (κ1) is 14.6. The van der Waals surface area contributed by atoms with Gasteiger partial charge >= 0.3 is 0 Å². The number of aliphatic hydroxyl groups is 1. The standard InChI is InChI=1S/C16H21NO3/c1-3-12(6-7-18)10-17-16(19)15-9-13-8-11(2)4-5-14(13)20-15/h4-5,8-9,12,18H,3,6-7,10H2,1-2H3,(H,17,19). The van der Waals surface area contributed by atoms with Crippen molar-refractivity contribution in [3.63, 3.8) is 0 Å². The lowest BCUT2D eigenvalue weighted by molar-refractivity contribution is 0.0918. The van der Waals surface area contributed by atoms with Gasteiger partial charge in [0.05, 0.1) is 0 Å². The Kier molecular flexibility index (Phi) is 4.79. The second-order valence-corrected chi connectivity index (χ2v) is 5.15. The molecule has 1 aromatic heterocycles. The first-order valence-corrected chi connectivity index (χ1v) is 7.03. The number of aliphatic hydroxyl groups excluding tert-OH is 1. The molecular weight excluding hydrogens is 254 g/mol. The van der Waals surface area contributed by atoms with E-state index < -0.39 is 0 Å². The van der Waals surface area contributed by atoms with Gasteiger partial charge in [0.2, 0.25) is 0 Å². The molecule has 4 heteroatoms. The lowest BCUT2D eigenvalue weighted by Gasteiger charge is -2.13. The fourth-order valence-electron chi connectivity index (χ4n) is 2.23. The summed E-state index contributed by atoms with van der Waals surface area (Å²) in [5.74, 6) is 0.440. The van der Waals surface area contributed by atoms with Crippen molar-refractivity contribution < 1.29 is 14.3 Å². The van der Waals surface area contributed by atoms with Gasteiger partial charge in [0, 0.05) is 18.5 Å². The predicted octanol–water partition coefficient (Wildman–Crippen LogP) is 2.88. The van der Waals surface area contributed by atoms with Gasteiger partial charge in [-0.3, -0.25) is 4.79 Å². The molecule has 108 valence electrons. The van der Waals surface area contributed by atoms with Crippen molar-refractivity contribution in [1.29, 1.82) is 0 Å². The molecule has 0 bridgehead atoms. The van der Waals surface area contributed by atoms with Gasteiger partial charge in [0.1, 0.15) is 5.58 Å². The Balaban J connectivity index is 2.03. The number of hydrogen-bond donors (Lipinski definition) is 2. The quantitative estimate of drug-likeness (QED) is 0.852. The fourth-order valence-corrected chi connectivity index (χ4v) is 2.23. The van der Waals surface area contributed by atoms with E-state index in [-0.39, 0.29) is 12.5 Å². The highest BCUT2D eigenvalue weighted by Crippen LogP contribution is 2.20. The Labute approximate surface area is 118 Å². The largest absolute Gasteiger partial charge is 0.451 e. The summed E-state index contributed by atoms with van der Waals surface area (Å²) in [5, 5.41) is 12.7. The number of fused-ring (bicyclic) bond motifs is 1. The van der Waals surface area contributed by atoms with Crippen LogP contribution in [0.3, 0.4) is 0 Å². The number of nitrogens with one attached hydrogen (secondary N) is 1. The summed E-state index contributed by atoms with van der Waals surface area (Å²) in [6.07, 6.45) is 1.64. The van der Waals surface area contributed by atoms with Crippen molar-refractivity contribution in [2.75, 3.05) is 13.2 Å². The van der Waals surface area contributed by atoms with Crippen molar-refractivity contribution in [3.8, 4) is 0 Å². The Morgan fingerprint density at radius 1 is 1.40 bits per heavy atom. The second kappa shape index (κ2) is 6.57. The molecule has 2 N–H and O–H groups in total. The average molecular weight is 275 g/mol. The number of aryl methyl sites for hydroxylation is 1. The monoisotopic (exact) mass is 275 g/mol. The number of carbonyl (C=O) groups is 1. The van der Waals surface area contributed by atoms with E-state index in [2.05, 4.69) is 12.2 Å². The molecule has 1 amide bonds. The SMILES string of the molecule is CCC(CCO)CNC(=O)c1cc2cc(C)ccc2o1. The lowest BCUT2D eigenvalue weighted by atomic mass is 10.0. The van der Waals surface area contributed by atoms with Gasteiger partial charge in [0.15, 0.2) is 5.76 Å². The third-order valence-corrected chi connectivity index (χ3v) is 3.56. The Bertz CT molecular complexity index is 588. The van der Waals surface area contributed by atoms with Gasteiger partial charge in [-0.15, -0.1) is 0 Å². The lowest BCUT2D eigenvalue weighted by Crippen LogP contribution is -2.29. The highest BCUT2D eigenvalue weighted by Gasteiger charge is 2.14. The number of rotatable bonds is 6. The van der Waals surface area contributed by atoms with Gasteiger partial charge in [-0.25, -0.2) is 0 Å². The molecule has 0 radical (unpaired) electrons. The highest BCUT2D eigenvalue weighted by molar-refractivity contribution is 5.96. The van der Waals surface area contributed by atoms with Crippen LogP contribution in [0.5, 0.6) is 0 Å². The van der Waals surface area contributed by atoms with Crippen molar-refractivity contribution in [1.82, 2.24) is 5.32 Å². The molecule has 1 atom stereocenters. The Morgan fingerprint density at radius 2 is 2.20 bits per heavy atom. The molecule has 1 heterocycles. The highest BCUT2D eigenvalue weighted by atomic mass is 16.3. The van der Waals surface area contributed by atoms with E-state index in [1.54, 1.807) is 6.07 Å². The van der Waals surface area contributed by atoms with Crippen LogP contribution in [0.15, 0.2) is 28.7 Å². The maximum atomic E-state index is 12.1. The van der Waals surface area contributed by atoms with E-state index in [1.807, 2.05) is 25.1 Å². The predicted molar refractivity (Wildman–Crippen MR) is 78.8 cm³/mol. The van der Waals surface area contributed by atoms with Crippen LogP contribution in [-0.2, 0) is 0 Å². The van der Waals surface area contributed by atoms with Gasteiger partial charge in [-0.1, -0.05) is 25.0 Å². The van der Waals surface area contributed by atoms with Gasteiger partial charge < -0.3 is 14.8 Å². The maximum absolute atomic E-state index is 12.1. The molecule has 2 aromatic rings. The molecule has 0 spiro atoms. The van der Waals surface area contributed by atoms with Gasteiger partial charge in [-0.05, 0) is 37.5 Å². The molecular formula is C16H21NO3. The normalized spacial score (nSPS) is 12.6. The fraction of sp³-hybridized carbons (Fsp3) is 0.438. The molecule has 1 unspecified atom stereocenters. The smallest absolute Gasteiger partial charge is 0.287 e. The average Bonchev–Trinajstić information content (AvgIpc) is 2.86. The van der Waals surface area contributed by atoms with E-state index in [0.717, 1.165) is 23.0 Å². The molecule has 0 saturated heterocycles. The van der Waals surface area contributed by atoms with Crippen LogP contribution in [0.4, 0.5) is 0 Å². The molecule has 0 fully saturated rings. The maximum Gasteiger partial charge on any atom is 0.287 e. The molecule has 0 aliphatic heterocycles. The third-order valence-electron chi connectivity index (χ3n) is 3.56. The number of hydrogen-bond acceptors (Lipinski definition) is 3. The molecule has 1 aromatic carbocycles. The minimum atomic E-state index is -0.199. The van der Waals surface area contributed by atoms with Crippen LogP contribution in [0.25, 0.3) is 11.0 Å². The molecule has 0 saturated carbocycles. The summed E-state index contributed by atoms with van der Waals surface area (Å²) >= 11 is 0. The summed E-state index contributed by atoms with van der Waals surface area (Å²) < 4.78 is 5.55. The van der Waals surface area contributed by atoms with Crippen LogP contribution < -0.4 is 5.32 Å². The summed E-state index contributed by atoms with van der Waals surface area (Å²) in [5.41, 5.74) is 1.86. The molecule has 0 aliphatic rings. The number of carbonyl (C=O) groups excluding carboxylic acids is 1. The Hall–Kier alpha value is -1.81. The minimum absolute atomic E-state index is 0.151. The van der Waals surface area contributed by atoms with Crippen LogP contribution in [-0.4, -0.2) is 24.2 Å². The summed E-state index contributed by atoms with van der Waals surface area (Å²) in [6, 6.07) is 7.60. The first-order chi connectivity index (χ1) is 9.63. The topological polar surface area (TPSA) is 62.5 Å². The molecule has 20 heavy (non-hydrogen) atoms. The molecule has 4 nitrogen and oxygen atoms in total. The summed E-state index contributed by atoms with van der Waals surface area (Å²) in [4.78, 5) is 12.1. The third kappa shape index (κ3) is 3.39. The van der Waals surface area contributed by atoms with Crippen molar-refractivity contribution in [2.45, 2.75) is 26.7 Å². The van der Waals surface area contributed by atoms with E-state index in [1.165, 1.54) is 0 Å². The van der Waals surface area contributed by atoms with Gasteiger partial charge in [-0.2, -0.15) is 0 Å². The van der Waals surface area contributed by atoms with Gasteiger partial charge in [0.25, 0.3) is 5.91 Å². The van der Waals surface area contributed by atoms with E-state index >= 15 is 0 Å². The first-order valence-electron chi connectivity index (χ1n) is 7.03. The second-order valence-electron chi connectivity index (χ2n) is 5.15. The zero-order valence-electron chi connectivity index (χ0n) is 12.0. The number of amides is 1. The summed E-state index contributed by atoms with van der Waals surface area (Å²) in [6.45, 7) is 4.77. The van der Waals surface area contributed by atoms with Crippen molar-refractivity contribution in [2.24, 2.45) is 5.92 Å². The van der Waals surface area contributed by atoms with E-state index in [0.29, 0.717) is 24.6 Å².